The molecule has 46 valence electrons. The van der Waals surface area contributed by atoms with Crippen molar-refractivity contribution in [3.8, 4) is 0 Å². The van der Waals surface area contributed by atoms with Gasteiger partial charge in [-0.15, -0.1) is 0 Å². The quantitative estimate of drug-likeness (QED) is 0.527. The summed E-state index contributed by atoms with van der Waals surface area (Å²) in [6.07, 6.45) is 7.09. The molecule has 0 amide bonds. The minimum absolute atomic E-state index is 0.889. The Morgan fingerprint density at radius 2 is 2.12 bits per heavy atom. The number of allylic oxidation sites excluding steroid dienone is 2. The Morgan fingerprint density at radius 1 is 1.50 bits per heavy atom. The average Bonchev–Trinajstić information content (AvgIpc) is 2.19. The molecule has 0 fully saturated rings. The summed E-state index contributed by atoms with van der Waals surface area (Å²) >= 11 is 0. The lowest BCUT2D eigenvalue weighted by Crippen LogP contribution is -2.15. The smallest absolute Gasteiger partial charge is 0.00176 e. The lowest BCUT2D eigenvalue weighted by molar-refractivity contribution is 0.533. The van der Waals surface area contributed by atoms with Crippen molar-refractivity contribution in [2.24, 2.45) is 5.92 Å². The van der Waals surface area contributed by atoms with Gasteiger partial charge in [0.15, 0.2) is 0 Å². The maximum Gasteiger partial charge on any atom is -0.00176 e. The van der Waals surface area contributed by atoms with Crippen LogP contribution in [-0.2, 0) is 0 Å². The Bertz CT molecular complexity index is 78.4. The second-order valence-corrected chi connectivity index (χ2v) is 2.37. The Kier molecular flexibility index (Phi) is 2.10. The van der Waals surface area contributed by atoms with Gasteiger partial charge in [-0.1, -0.05) is 12.2 Å². The third-order valence-corrected chi connectivity index (χ3v) is 1.60. The van der Waals surface area contributed by atoms with E-state index in [0.29, 0.717) is 0 Å². The van der Waals surface area contributed by atoms with Gasteiger partial charge in [0.2, 0.25) is 0 Å². The van der Waals surface area contributed by atoms with E-state index >= 15 is 0 Å². The van der Waals surface area contributed by atoms with E-state index < -0.39 is 0 Å². The van der Waals surface area contributed by atoms with Gasteiger partial charge in [-0.05, 0) is 32.4 Å². The summed E-state index contributed by atoms with van der Waals surface area (Å²) in [5.74, 6) is 0.889. The molecule has 0 aromatic heterocycles. The minimum Gasteiger partial charge on any atom is -0.319 e. The van der Waals surface area contributed by atoms with E-state index in [4.69, 9.17) is 0 Å². The molecule has 0 saturated carbocycles. The van der Waals surface area contributed by atoms with Crippen molar-refractivity contribution >= 4 is 0 Å². The van der Waals surface area contributed by atoms with Crippen molar-refractivity contribution in [3.63, 3.8) is 0 Å². The molecule has 0 atom stereocenters. The summed E-state index contributed by atoms with van der Waals surface area (Å²) in [6.45, 7) is 1.17. The maximum atomic E-state index is 3.17. The normalized spacial score (nSPS) is 20.1. The Labute approximate surface area is 50.8 Å². The van der Waals surface area contributed by atoms with Gasteiger partial charge in [0.05, 0.1) is 0 Å². The van der Waals surface area contributed by atoms with Gasteiger partial charge >= 0.3 is 0 Å². The number of hydrogen-bond donors (Lipinski definition) is 1. The van der Waals surface area contributed by atoms with E-state index in [2.05, 4.69) is 17.5 Å². The first-order valence-electron chi connectivity index (χ1n) is 3.23. The molecule has 1 aliphatic carbocycles. The zero-order chi connectivity index (χ0) is 5.82. The van der Waals surface area contributed by atoms with Crippen LogP contribution in [0.25, 0.3) is 0 Å². The summed E-state index contributed by atoms with van der Waals surface area (Å²) in [4.78, 5) is 0. The summed E-state index contributed by atoms with van der Waals surface area (Å²) in [5.41, 5.74) is 0. The van der Waals surface area contributed by atoms with E-state index in [0.717, 1.165) is 5.92 Å². The molecule has 0 spiro atoms. The Morgan fingerprint density at radius 3 is 2.62 bits per heavy atom. The molecule has 1 rings (SSSR count). The molecule has 0 aromatic carbocycles. The van der Waals surface area contributed by atoms with Gasteiger partial charge in [0.1, 0.15) is 0 Å². The fourth-order valence-corrected chi connectivity index (χ4v) is 1.13. The molecular weight excluding hydrogens is 98.1 g/mol. The van der Waals surface area contributed by atoms with Gasteiger partial charge in [-0.3, -0.25) is 0 Å². The molecule has 0 unspecified atom stereocenters. The van der Waals surface area contributed by atoms with Crippen molar-refractivity contribution in [2.45, 2.75) is 12.8 Å². The highest BCUT2D eigenvalue weighted by Crippen LogP contribution is 2.15. The third-order valence-electron chi connectivity index (χ3n) is 1.60. The van der Waals surface area contributed by atoms with E-state index in [-0.39, 0.29) is 0 Å². The van der Waals surface area contributed by atoms with Crippen molar-refractivity contribution in [2.75, 3.05) is 13.6 Å². The van der Waals surface area contributed by atoms with Crippen LogP contribution in [0.5, 0.6) is 0 Å². The van der Waals surface area contributed by atoms with Gasteiger partial charge in [0.25, 0.3) is 0 Å². The van der Waals surface area contributed by atoms with Crippen molar-refractivity contribution in [1.82, 2.24) is 5.32 Å². The van der Waals surface area contributed by atoms with Crippen LogP contribution in [0, 0.1) is 5.92 Å². The van der Waals surface area contributed by atoms with Crippen LogP contribution in [0.1, 0.15) is 12.8 Å². The zero-order valence-corrected chi connectivity index (χ0v) is 5.35. The summed E-state index contributed by atoms with van der Waals surface area (Å²) in [7, 11) is 2.01. The highest BCUT2D eigenvalue weighted by molar-refractivity contribution is 4.94. The second-order valence-electron chi connectivity index (χ2n) is 2.37. The number of nitrogens with one attached hydrogen (secondary N) is 1. The average molecular weight is 111 g/mol. The molecule has 0 aliphatic heterocycles. The molecule has 0 radical (unpaired) electrons. The molecule has 8 heavy (non-hydrogen) atoms. The van der Waals surface area contributed by atoms with Crippen LogP contribution in [-0.4, -0.2) is 13.6 Å². The molecule has 0 aromatic rings. The van der Waals surface area contributed by atoms with E-state index in [1.165, 1.54) is 19.4 Å². The first-order valence-corrected chi connectivity index (χ1v) is 3.23. The van der Waals surface area contributed by atoms with Crippen LogP contribution >= 0.6 is 0 Å². The first-order chi connectivity index (χ1) is 3.93. The fraction of sp³-hybridized carbons (Fsp3) is 0.714. The molecule has 1 heteroatoms. The van der Waals surface area contributed by atoms with E-state index in [9.17, 15) is 0 Å². The predicted molar refractivity (Wildman–Crippen MR) is 35.8 cm³/mol. The Hall–Kier alpha value is -0.300. The highest BCUT2D eigenvalue weighted by atomic mass is 14.8. The summed E-state index contributed by atoms with van der Waals surface area (Å²) < 4.78 is 0. The SMILES string of the molecule is CNCC1CC=CC1. The largest absolute Gasteiger partial charge is 0.319 e. The van der Waals surface area contributed by atoms with Gasteiger partial charge in [-0.2, -0.15) is 0 Å². The molecule has 0 heterocycles. The van der Waals surface area contributed by atoms with Gasteiger partial charge in [-0.25, -0.2) is 0 Å². The lowest BCUT2D eigenvalue weighted by Gasteiger charge is -2.05. The number of hydrogen-bond acceptors (Lipinski definition) is 1. The van der Waals surface area contributed by atoms with Crippen LogP contribution in [0.15, 0.2) is 12.2 Å². The third kappa shape index (κ3) is 1.34. The highest BCUT2D eigenvalue weighted by Gasteiger charge is 2.06. The topological polar surface area (TPSA) is 12.0 Å². The molecule has 1 N–H and O–H groups in total. The number of rotatable bonds is 2. The second kappa shape index (κ2) is 2.88. The first kappa shape index (κ1) is 5.83. The standard InChI is InChI=1S/C7H13N/c1-8-6-7-4-2-3-5-7/h2-3,7-8H,4-6H2,1H3. The van der Waals surface area contributed by atoms with Crippen LogP contribution in [0.4, 0.5) is 0 Å². The lowest BCUT2D eigenvalue weighted by atomic mass is 10.1. The maximum absolute atomic E-state index is 3.17. The summed E-state index contributed by atoms with van der Waals surface area (Å²) in [5, 5.41) is 3.17. The Balaban J connectivity index is 2.10. The van der Waals surface area contributed by atoms with Crippen LogP contribution in [0.3, 0.4) is 0 Å². The van der Waals surface area contributed by atoms with Crippen molar-refractivity contribution in [1.29, 1.82) is 0 Å². The van der Waals surface area contributed by atoms with Crippen molar-refractivity contribution < 1.29 is 0 Å². The van der Waals surface area contributed by atoms with E-state index in [1.54, 1.807) is 0 Å². The predicted octanol–water partition coefficient (Wildman–Crippen LogP) is 1.17. The minimum atomic E-state index is 0.889. The summed E-state index contributed by atoms with van der Waals surface area (Å²) in [6, 6.07) is 0. The monoisotopic (exact) mass is 111 g/mol. The fourth-order valence-electron chi connectivity index (χ4n) is 1.13. The van der Waals surface area contributed by atoms with Gasteiger partial charge < -0.3 is 5.32 Å². The van der Waals surface area contributed by atoms with Gasteiger partial charge in [0, 0.05) is 0 Å². The van der Waals surface area contributed by atoms with Crippen LogP contribution < -0.4 is 5.32 Å². The molecule has 1 nitrogen and oxygen atoms in total. The van der Waals surface area contributed by atoms with Crippen LogP contribution in [0.2, 0.25) is 0 Å². The molecular formula is C7H13N. The molecule has 0 bridgehead atoms. The zero-order valence-electron chi connectivity index (χ0n) is 5.35. The molecule has 0 saturated heterocycles. The van der Waals surface area contributed by atoms with Crippen molar-refractivity contribution in [3.05, 3.63) is 12.2 Å². The molecule has 1 aliphatic rings. The van der Waals surface area contributed by atoms with E-state index in [1.807, 2.05) is 7.05 Å².